The summed E-state index contributed by atoms with van der Waals surface area (Å²) in [5.74, 6) is 0. The molecule has 4 nitrogen and oxygen atoms in total. The van der Waals surface area contributed by atoms with E-state index < -0.39 is 7.32 Å². The molecule has 2 N–H and O–H groups in total. The zero-order valence-electron chi connectivity index (χ0n) is 4.01. The molecular weight excluding hydrogens is 138 g/mol. The zero-order valence-corrected chi connectivity index (χ0v) is 8.22. The second kappa shape index (κ2) is 15.7. The topological polar surface area (TPSA) is 101 Å². The van der Waals surface area contributed by atoms with E-state index in [2.05, 4.69) is 0 Å². The monoisotopic (exact) mass is 140 g/mol. The van der Waals surface area contributed by atoms with Crippen LogP contribution in [0.15, 0.2) is 0 Å². The summed E-state index contributed by atoms with van der Waals surface area (Å²) in [5, 5.41) is 25.2. The van der Waals surface area contributed by atoms with Crippen LogP contribution in [-0.2, 0) is 0 Å². The van der Waals surface area contributed by atoms with Crippen molar-refractivity contribution in [3.63, 3.8) is 0 Å². The molecule has 0 bridgehead atoms. The fourth-order valence-electron chi connectivity index (χ4n) is 0. The molecule has 0 amide bonds. The van der Waals surface area contributed by atoms with Gasteiger partial charge in [-0.3, -0.25) is 7.32 Å². The zero-order chi connectivity index (χ0) is 3.58. The first-order valence-corrected chi connectivity index (χ1v) is 0.707. The predicted octanol–water partition coefficient (Wildman–Crippen LogP) is -8.15. The first-order chi connectivity index (χ1) is 1.73. The third kappa shape index (κ3) is 66.2. The van der Waals surface area contributed by atoms with Crippen LogP contribution in [-0.4, -0.2) is 50.5 Å². The molecule has 7 heavy (non-hydrogen) atoms. The van der Waals surface area contributed by atoms with Gasteiger partial charge in [0.2, 0.25) is 0 Å². The van der Waals surface area contributed by atoms with Gasteiger partial charge in [0.1, 0.15) is 0 Å². The number of hydrogen-bond donors (Lipinski definition) is 0. The molecule has 0 aromatic carbocycles. The van der Waals surface area contributed by atoms with Gasteiger partial charge in [0.15, 0.2) is 0 Å². The molecule has 0 atom stereocenters. The molecule has 0 unspecified atom stereocenters. The van der Waals surface area contributed by atoms with Gasteiger partial charge in [-0.1, -0.05) is 0 Å². The first kappa shape index (κ1) is 22.9. The molecule has 0 aromatic heterocycles. The fourth-order valence-corrected chi connectivity index (χ4v) is 0. The van der Waals surface area contributed by atoms with E-state index in [4.69, 9.17) is 15.1 Å². The van der Waals surface area contributed by atoms with Gasteiger partial charge in [0.25, 0.3) is 0 Å². The van der Waals surface area contributed by atoms with Crippen molar-refractivity contribution in [2.24, 2.45) is 0 Å². The molecule has 0 rings (SSSR count). The summed E-state index contributed by atoms with van der Waals surface area (Å²) < 4.78 is 0. The maximum absolute atomic E-state index is 8.42. The quantitative estimate of drug-likeness (QED) is 0.312. The molecule has 0 aliphatic rings. The van der Waals surface area contributed by atoms with Gasteiger partial charge in [-0.25, -0.2) is 0 Å². The van der Waals surface area contributed by atoms with Crippen LogP contribution >= 0.6 is 0 Å². The summed E-state index contributed by atoms with van der Waals surface area (Å²) in [5.41, 5.74) is 0. The van der Waals surface area contributed by atoms with Gasteiger partial charge >= 0.3 is 67.3 Å². The minimum atomic E-state index is -2.92. The Labute approximate surface area is 93.7 Å². The Morgan fingerprint density at radius 1 is 1.00 bits per heavy atom. The molecule has 0 fully saturated rings. The van der Waals surface area contributed by atoms with Crippen LogP contribution in [0.4, 0.5) is 0 Å². The molecule has 7 heteroatoms. The molecule has 32 valence electrons. The molecule has 0 radical (unpaired) electrons. The fraction of sp³-hybridized carbons (Fsp3) is 0. The van der Waals surface area contributed by atoms with E-state index in [1.807, 2.05) is 0 Å². The second-order valence-electron chi connectivity index (χ2n) is 0.289. The predicted molar refractivity (Wildman–Crippen MR) is 15.1 cm³/mol. The van der Waals surface area contributed by atoms with Crippen molar-refractivity contribution in [3.05, 3.63) is 0 Å². The largest absolute Gasteiger partial charge is 2.00 e. The van der Waals surface area contributed by atoms with Crippen molar-refractivity contribution < 1.29 is 50.1 Å². The number of rotatable bonds is 0. The maximum Gasteiger partial charge on any atom is 2.00 e. The minimum absolute atomic E-state index is 0. The molecule has 0 aliphatic carbocycles. The van der Waals surface area contributed by atoms with Gasteiger partial charge in [0, 0.05) is 0 Å². The molecular formula is H2BCaNaO4. The Morgan fingerprint density at radius 2 is 1.00 bits per heavy atom. The Morgan fingerprint density at radius 3 is 1.00 bits per heavy atom. The van der Waals surface area contributed by atoms with E-state index in [0.29, 0.717) is 0 Å². The van der Waals surface area contributed by atoms with Crippen molar-refractivity contribution in [1.29, 1.82) is 0 Å². The summed E-state index contributed by atoms with van der Waals surface area (Å²) in [7, 11) is -2.92. The Bertz CT molecular complexity index is 16.4. The van der Waals surface area contributed by atoms with Crippen LogP contribution in [0.3, 0.4) is 0 Å². The number of hydrogen-bond acceptors (Lipinski definition) is 3. The Kier molecular flexibility index (Phi) is 51.4. The van der Waals surface area contributed by atoms with Gasteiger partial charge in [0.05, 0.1) is 0 Å². The van der Waals surface area contributed by atoms with Crippen LogP contribution < -0.4 is 44.6 Å². The summed E-state index contributed by atoms with van der Waals surface area (Å²) in [4.78, 5) is 0. The standard InChI is InChI=1S/BO3.Ca.Na.H2O/c2-1(3)4;;;/h;;;1H2/q-3;+2;+1;. The third-order valence-electron chi connectivity index (χ3n) is 0. The van der Waals surface area contributed by atoms with Crippen molar-refractivity contribution in [2.45, 2.75) is 0 Å². The summed E-state index contributed by atoms with van der Waals surface area (Å²) in [6, 6.07) is 0. The Hall–Kier alpha value is 2.16. The van der Waals surface area contributed by atoms with Crippen LogP contribution in [0, 0.1) is 0 Å². The van der Waals surface area contributed by atoms with Gasteiger partial charge < -0.3 is 20.5 Å². The first-order valence-electron chi connectivity index (χ1n) is 0.707. The van der Waals surface area contributed by atoms with Crippen LogP contribution in [0.5, 0.6) is 0 Å². The molecule has 0 spiro atoms. The average Bonchev–Trinajstić information content (AvgIpc) is 0.811. The molecule has 0 aliphatic heterocycles. The smallest absolute Gasteiger partial charge is 0.907 e. The van der Waals surface area contributed by atoms with Crippen molar-refractivity contribution in [2.75, 3.05) is 0 Å². The van der Waals surface area contributed by atoms with Crippen LogP contribution in [0.25, 0.3) is 0 Å². The van der Waals surface area contributed by atoms with Gasteiger partial charge in [-0.05, 0) is 0 Å². The van der Waals surface area contributed by atoms with Crippen LogP contribution in [0.1, 0.15) is 0 Å². The van der Waals surface area contributed by atoms with E-state index in [-0.39, 0.29) is 72.8 Å². The van der Waals surface area contributed by atoms with Gasteiger partial charge in [-0.2, -0.15) is 0 Å². The summed E-state index contributed by atoms with van der Waals surface area (Å²) >= 11 is 0. The van der Waals surface area contributed by atoms with Crippen molar-refractivity contribution in [3.8, 4) is 0 Å². The van der Waals surface area contributed by atoms with Crippen LogP contribution in [0.2, 0.25) is 0 Å². The van der Waals surface area contributed by atoms with Gasteiger partial charge in [-0.15, -0.1) is 0 Å². The summed E-state index contributed by atoms with van der Waals surface area (Å²) in [6.45, 7) is 0. The average molecular weight is 140 g/mol. The maximum atomic E-state index is 8.42. The molecule has 0 heterocycles. The van der Waals surface area contributed by atoms with E-state index in [1.165, 1.54) is 0 Å². The Balaban J connectivity index is -0.0000000150. The molecule has 0 saturated heterocycles. The second-order valence-corrected chi connectivity index (χ2v) is 0.289. The normalized spacial score (nSPS) is 3.86. The third-order valence-corrected chi connectivity index (χ3v) is 0. The molecule has 0 aromatic rings. The van der Waals surface area contributed by atoms with Crippen molar-refractivity contribution >= 4 is 45.1 Å². The van der Waals surface area contributed by atoms with E-state index >= 15 is 0 Å². The van der Waals surface area contributed by atoms with E-state index in [1.54, 1.807) is 0 Å². The SMILES string of the molecule is O.[Ca+2].[Na+].[O-]B([O-])[O-]. The molecule has 0 saturated carbocycles. The van der Waals surface area contributed by atoms with E-state index in [9.17, 15) is 0 Å². The van der Waals surface area contributed by atoms with Crippen molar-refractivity contribution in [1.82, 2.24) is 0 Å². The minimum Gasteiger partial charge on any atom is -0.907 e. The van der Waals surface area contributed by atoms with E-state index in [0.717, 1.165) is 0 Å². The summed E-state index contributed by atoms with van der Waals surface area (Å²) in [6.07, 6.45) is 0.